The van der Waals surface area contributed by atoms with E-state index < -0.39 is 18.0 Å². The monoisotopic (exact) mass is 604 g/mol. The van der Waals surface area contributed by atoms with Crippen molar-refractivity contribution in [1.82, 2.24) is 4.57 Å². The molecule has 216 valence electrons. The van der Waals surface area contributed by atoms with Gasteiger partial charge in [0.05, 0.1) is 33.6 Å². The Hall–Kier alpha value is -4.21. The minimum Gasteiger partial charge on any atom is -0.459 e. The molecule has 1 atom stereocenters. The molecule has 1 unspecified atom stereocenters. The molecule has 1 aliphatic rings. The molecule has 0 saturated carbocycles. The Labute approximate surface area is 251 Å². The van der Waals surface area contributed by atoms with E-state index in [1.165, 1.54) is 15.9 Å². The number of benzene rings is 2. The van der Waals surface area contributed by atoms with E-state index in [1.807, 2.05) is 6.07 Å². The summed E-state index contributed by atoms with van der Waals surface area (Å²) < 4.78 is 18.7. The molecule has 0 fully saturated rings. The van der Waals surface area contributed by atoms with Gasteiger partial charge in [0.2, 0.25) is 0 Å². The van der Waals surface area contributed by atoms with E-state index >= 15 is 0 Å². The molecule has 0 bridgehead atoms. The zero-order valence-electron chi connectivity index (χ0n) is 23.7. The molecule has 1 aliphatic heterocycles. The number of fused-ring (bicyclic) bond motifs is 1. The number of rotatable bonds is 7. The summed E-state index contributed by atoms with van der Waals surface area (Å²) in [6, 6.07) is 16.8. The first kappa shape index (κ1) is 29.3. The van der Waals surface area contributed by atoms with Crippen LogP contribution in [0.3, 0.4) is 0 Å². The number of aromatic nitrogens is 1. The molecule has 0 N–H and O–H groups in total. The fraction of sp³-hybridized carbons (Fsp3) is 0.250. The van der Waals surface area contributed by atoms with Crippen molar-refractivity contribution in [3.05, 3.63) is 114 Å². The summed E-state index contributed by atoms with van der Waals surface area (Å²) in [7, 11) is 0. The van der Waals surface area contributed by atoms with Crippen LogP contribution in [0.4, 0.5) is 0 Å². The lowest BCUT2D eigenvalue weighted by atomic mass is 9.96. The molecule has 0 spiro atoms. The molecule has 0 aliphatic carbocycles. The third-order valence-corrected chi connectivity index (χ3v) is 7.76. The molecule has 2 aromatic heterocycles. The molecular weight excluding hydrogens is 576 g/mol. The average molecular weight is 605 g/mol. The Morgan fingerprint density at radius 1 is 0.976 bits per heavy atom. The summed E-state index contributed by atoms with van der Waals surface area (Å²) in [5, 5.41) is 0.417. The van der Waals surface area contributed by atoms with Crippen LogP contribution in [0.25, 0.3) is 17.4 Å². The number of hydrogen-bond acceptors (Lipinski definition) is 8. The number of carbonyl (C=O) groups excluding carboxylic acids is 2. The molecule has 42 heavy (non-hydrogen) atoms. The predicted octanol–water partition coefficient (Wildman–Crippen LogP) is 5.67. The van der Waals surface area contributed by atoms with Crippen LogP contribution in [-0.4, -0.2) is 28.7 Å². The van der Waals surface area contributed by atoms with E-state index in [-0.39, 0.29) is 23.3 Å². The standard InChI is InChI=1S/C32H29ClN2O6S/c1-17(2)39-30(37)21-12-10-20(11-13-21)25-15-14-22(41-25)16-26-29(36)35-28(23-8-6-7-9-24(23)33)27(31(38)40-18(3)4)19(5)34-32(35)42-26/h6-18,28H,1-5H3. The number of esters is 2. The molecule has 3 heterocycles. The van der Waals surface area contributed by atoms with Gasteiger partial charge in [-0.25, -0.2) is 14.6 Å². The number of ether oxygens (including phenoxy) is 2. The van der Waals surface area contributed by atoms with Crippen molar-refractivity contribution in [1.29, 1.82) is 0 Å². The van der Waals surface area contributed by atoms with Crippen molar-refractivity contribution in [3.8, 4) is 11.3 Å². The van der Waals surface area contributed by atoms with Crippen LogP contribution in [0.15, 0.2) is 86.1 Å². The van der Waals surface area contributed by atoms with Crippen LogP contribution in [0.1, 0.15) is 62.3 Å². The van der Waals surface area contributed by atoms with Crippen LogP contribution in [0, 0.1) is 0 Å². The third kappa shape index (κ3) is 5.89. The second-order valence-corrected chi connectivity index (χ2v) is 11.7. The maximum atomic E-state index is 13.8. The van der Waals surface area contributed by atoms with Gasteiger partial charge >= 0.3 is 11.9 Å². The van der Waals surface area contributed by atoms with Crippen LogP contribution in [0.5, 0.6) is 0 Å². The van der Waals surface area contributed by atoms with Gasteiger partial charge in [0, 0.05) is 16.7 Å². The van der Waals surface area contributed by atoms with Crippen molar-refractivity contribution >= 4 is 41.0 Å². The van der Waals surface area contributed by atoms with Gasteiger partial charge in [-0.3, -0.25) is 9.36 Å². The summed E-state index contributed by atoms with van der Waals surface area (Å²) in [6.07, 6.45) is 1.09. The lowest BCUT2D eigenvalue weighted by Gasteiger charge is -2.26. The van der Waals surface area contributed by atoms with Crippen molar-refractivity contribution < 1.29 is 23.5 Å². The number of hydrogen-bond donors (Lipinski definition) is 0. The molecule has 0 amide bonds. The van der Waals surface area contributed by atoms with E-state index in [0.717, 1.165) is 5.56 Å². The van der Waals surface area contributed by atoms with Gasteiger partial charge < -0.3 is 13.9 Å². The van der Waals surface area contributed by atoms with Gasteiger partial charge in [-0.2, -0.15) is 0 Å². The zero-order valence-corrected chi connectivity index (χ0v) is 25.3. The van der Waals surface area contributed by atoms with Crippen molar-refractivity contribution in [3.63, 3.8) is 0 Å². The minimum absolute atomic E-state index is 0.208. The van der Waals surface area contributed by atoms with E-state index in [2.05, 4.69) is 4.99 Å². The van der Waals surface area contributed by atoms with E-state index in [0.29, 0.717) is 42.7 Å². The maximum Gasteiger partial charge on any atom is 0.338 e. The van der Waals surface area contributed by atoms with Gasteiger partial charge in [0.15, 0.2) is 4.80 Å². The predicted molar refractivity (Wildman–Crippen MR) is 161 cm³/mol. The summed E-state index contributed by atoms with van der Waals surface area (Å²) in [5.41, 5.74) is 2.19. The quantitative estimate of drug-likeness (QED) is 0.252. The molecule has 8 nitrogen and oxygen atoms in total. The van der Waals surface area contributed by atoms with E-state index in [9.17, 15) is 14.4 Å². The Bertz CT molecular complexity index is 1880. The first-order valence-electron chi connectivity index (χ1n) is 13.4. The number of furan rings is 1. The van der Waals surface area contributed by atoms with Gasteiger partial charge in [-0.1, -0.05) is 53.3 Å². The molecule has 10 heteroatoms. The maximum absolute atomic E-state index is 13.8. The molecule has 4 aromatic rings. The highest BCUT2D eigenvalue weighted by Crippen LogP contribution is 2.34. The minimum atomic E-state index is -0.809. The summed E-state index contributed by atoms with van der Waals surface area (Å²) in [4.78, 5) is 44.3. The van der Waals surface area contributed by atoms with Gasteiger partial charge in [-0.05, 0) is 70.5 Å². The summed E-state index contributed by atoms with van der Waals surface area (Å²) in [5.74, 6) is 0.0898. The first-order chi connectivity index (χ1) is 20.0. The highest BCUT2D eigenvalue weighted by atomic mass is 35.5. The normalized spacial score (nSPS) is 15.1. The third-order valence-electron chi connectivity index (χ3n) is 6.43. The molecule has 2 aromatic carbocycles. The number of thiazole rings is 1. The highest BCUT2D eigenvalue weighted by molar-refractivity contribution is 7.07. The molecule has 0 saturated heterocycles. The highest BCUT2D eigenvalue weighted by Gasteiger charge is 2.34. The number of allylic oxidation sites excluding steroid dienone is 1. The second-order valence-electron chi connectivity index (χ2n) is 10.3. The van der Waals surface area contributed by atoms with Crippen molar-refractivity contribution in [2.75, 3.05) is 0 Å². The van der Waals surface area contributed by atoms with E-state index in [1.54, 1.807) is 95.3 Å². The average Bonchev–Trinajstić information content (AvgIpc) is 3.52. The summed E-state index contributed by atoms with van der Waals surface area (Å²) >= 11 is 7.78. The zero-order chi connectivity index (χ0) is 30.1. The van der Waals surface area contributed by atoms with Crippen LogP contribution < -0.4 is 14.9 Å². The Kier molecular flexibility index (Phi) is 8.34. The Morgan fingerprint density at radius 2 is 1.64 bits per heavy atom. The SMILES string of the molecule is CC1=C(C(=O)OC(C)C)C(c2ccccc2Cl)n2c(sc(=Cc3ccc(-c4ccc(C(=O)OC(C)C)cc4)o3)c2=O)=N1. The smallest absolute Gasteiger partial charge is 0.338 e. The van der Waals surface area contributed by atoms with Crippen LogP contribution in [-0.2, 0) is 14.3 Å². The van der Waals surface area contributed by atoms with Gasteiger partial charge in [0.25, 0.3) is 5.56 Å². The molecular formula is C32H29ClN2O6S. The lowest BCUT2D eigenvalue weighted by molar-refractivity contribution is -0.143. The molecule has 5 rings (SSSR count). The number of halogens is 1. The van der Waals surface area contributed by atoms with Crippen molar-refractivity contribution in [2.45, 2.75) is 52.9 Å². The van der Waals surface area contributed by atoms with Gasteiger partial charge in [0.1, 0.15) is 17.6 Å². The Balaban J connectivity index is 1.54. The van der Waals surface area contributed by atoms with Crippen LogP contribution in [0.2, 0.25) is 5.02 Å². The van der Waals surface area contributed by atoms with Gasteiger partial charge in [-0.15, -0.1) is 0 Å². The van der Waals surface area contributed by atoms with Crippen molar-refractivity contribution in [2.24, 2.45) is 4.99 Å². The van der Waals surface area contributed by atoms with Crippen LogP contribution >= 0.6 is 22.9 Å². The lowest BCUT2D eigenvalue weighted by Crippen LogP contribution is -2.40. The summed E-state index contributed by atoms with van der Waals surface area (Å²) in [6.45, 7) is 8.85. The topological polar surface area (TPSA) is 100 Å². The fourth-order valence-electron chi connectivity index (χ4n) is 4.62. The second kappa shape index (κ2) is 12.0. The Morgan fingerprint density at radius 3 is 2.31 bits per heavy atom. The molecule has 0 radical (unpaired) electrons. The fourth-order valence-corrected chi connectivity index (χ4v) is 5.88. The first-order valence-corrected chi connectivity index (χ1v) is 14.6. The largest absolute Gasteiger partial charge is 0.459 e. The number of carbonyl (C=O) groups is 2. The van der Waals surface area contributed by atoms with E-state index in [4.69, 9.17) is 25.5 Å². The number of nitrogens with zero attached hydrogens (tertiary/aromatic N) is 2.